The number of anilines is 1. The molecule has 0 fully saturated rings. The predicted octanol–water partition coefficient (Wildman–Crippen LogP) is 2.88. The number of phenols is 1. The molecule has 21 heavy (non-hydrogen) atoms. The summed E-state index contributed by atoms with van der Waals surface area (Å²) in [6.45, 7) is 1.86. The molecule has 4 nitrogen and oxygen atoms in total. The number of aryl methyl sites for hydroxylation is 1. The summed E-state index contributed by atoms with van der Waals surface area (Å²) >= 11 is 0. The summed E-state index contributed by atoms with van der Waals surface area (Å²) in [5.74, 6) is -0.137. The summed E-state index contributed by atoms with van der Waals surface area (Å²) in [7, 11) is 0. The zero-order valence-corrected chi connectivity index (χ0v) is 12.0. The largest absolute Gasteiger partial charge is 0.508 e. The van der Waals surface area contributed by atoms with E-state index < -0.39 is 0 Å². The monoisotopic (exact) mass is 285 g/mol. The molecule has 0 unspecified atom stereocenters. The lowest BCUT2D eigenvalue weighted by molar-refractivity contribution is 0.102. The van der Waals surface area contributed by atoms with Crippen LogP contribution in [0.5, 0.6) is 5.75 Å². The third-order valence-electron chi connectivity index (χ3n) is 3.36. The lowest BCUT2D eigenvalue weighted by Gasteiger charge is -2.10. The Hall–Kier alpha value is -2.33. The molecule has 1 amide bonds. The van der Waals surface area contributed by atoms with Crippen LogP contribution in [0.25, 0.3) is 0 Å². The maximum absolute atomic E-state index is 12.3. The van der Waals surface area contributed by atoms with Crippen LogP contribution in [0.4, 0.5) is 5.69 Å². The Kier molecular flexibility index (Phi) is 4.95. The van der Waals surface area contributed by atoms with Crippen LogP contribution in [0.2, 0.25) is 0 Å². The van der Waals surface area contributed by atoms with Crippen LogP contribution < -0.4 is 5.32 Å². The molecule has 0 radical (unpaired) electrons. The van der Waals surface area contributed by atoms with Gasteiger partial charge < -0.3 is 15.5 Å². The van der Waals surface area contributed by atoms with Gasteiger partial charge in [0.2, 0.25) is 0 Å². The summed E-state index contributed by atoms with van der Waals surface area (Å²) in [5, 5.41) is 21.3. The Balaban J connectivity index is 2.14. The van der Waals surface area contributed by atoms with Crippen LogP contribution >= 0.6 is 0 Å². The Morgan fingerprint density at radius 3 is 2.71 bits per heavy atom. The Morgan fingerprint density at radius 2 is 1.95 bits per heavy atom. The second kappa shape index (κ2) is 6.90. The Bertz CT molecular complexity index is 638. The van der Waals surface area contributed by atoms with Gasteiger partial charge in [-0.25, -0.2) is 0 Å². The number of nitrogens with one attached hydrogen (secondary N) is 1. The molecule has 2 aromatic carbocycles. The van der Waals surface area contributed by atoms with Gasteiger partial charge in [-0.1, -0.05) is 18.2 Å². The topological polar surface area (TPSA) is 69.6 Å². The molecule has 2 rings (SSSR count). The molecule has 0 aromatic heterocycles. The molecule has 0 saturated carbocycles. The van der Waals surface area contributed by atoms with E-state index in [0.717, 1.165) is 12.0 Å². The number of aromatic hydroxyl groups is 1. The molecule has 110 valence electrons. The fourth-order valence-electron chi connectivity index (χ4n) is 2.16. The van der Waals surface area contributed by atoms with Crippen molar-refractivity contribution in [1.82, 2.24) is 0 Å². The normalized spacial score (nSPS) is 10.4. The molecule has 4 heteroatoms. The quantitative estimate of drug-likeness (QED) is 0.791. The molecule has 0 heterocycles. The van der Waals surface area contributed by atoms with E-state index in [9.17, 15) is 9.90 Å². The highest BCUT2D eigenvalue weighted by atomic mass is 16.3. The number of hydrogen-bond acceptors (Lipinski definition) is 3. The lowest BCUT2D eigenvalue weighted by atomic mass is 10.1. The zero-order valence-electron chi connectivity index (χ0n) is 12.0. The predicted molar refractivity (Wildman–Crippen MR) is 82.6 cm³/mol. The minimum atomic E-state index is -0.247. The van der Waals surface area contributed by atoms with E-state index in [-0.39, 0.29) is 18.3 Å². The van der Waals surface area contributed by atoms with E-state index in [1.165, 1.54) is 0 Å². The summed E-state index contributed by atoms with van der Waals surface area (Å²) in [6.07, 6.45) is 1.47. The summed E-state index contributed by atoms with van der Waals surface area (Å²) in [4.78, 5) is 12.3. The van der Waals surface area contributed by atoms with Gasteiger partial charge >= 0.3 is 0 Å². The van der Waals surface area contributed by atoms with E-state index in [0.29, 0.717) is 23.2 Å². The van der Waals surface area contributed by atoms with Gasteiger partial charge in [-0.15, -0.1) is 0 Å². The van der Waals surface area contributed by atoms with Crippen molar-refractivity contribution in [1.29, 1.82) is 0 Å². The fourth-order valence-corrected chi connectivity index (χ4v) is 2.16. The summed E-state index contributed by atoms with van der Waals surface area (Å²) in [5.41, 5.74) is 2.79. The van der Waals surface area contributed by atoms with Crippen molar-refractivity contribution in [3.63, 3.8) is 0 Å². The maximum Gasteiger partial charge on any atom is 0.256 e. The average Bonchev–Trinajstić information content (AvgIpc) is 2.48. The highest BCUT2D eigenvalue weighted by Gasteiger charge is 2.11. The number of benzene rings is 2. The van der Waals surface area contributed by atoms with Crippen molar-refractivity contribution in [3.8, 4) is 5.75 Å². The van der Waals surface area contributed by atoms with E-state index in [1.807, 2.05) is 24.3 Å². The number of aliphatic hydroxyl groups is 1. The Morgan fingerprint density at radius 1 is 1.19 bits per heavy atom. The van der Waals surface area contributed by atoms with Crippen molar-refractivity contribution in [3.05, 3.63) is 59.2 Å². The first-order valence-electron chi connectivity index (χ1n) is 6.91. The SMILES string of the molecule is Cc1c(O)cccc1C(=O)Nc1cccc(CCCO)c1. The number of amides is 1. The smallest absolute Gasteiger partial charge is 0.256 e. The van der Waals surface area contributed by atoms with E-state index >= 15 is 0 Å². The minimum Gasteiger partial charge on any atom is -0.508 e. The molecule has 0 aliphatic carbocycles. The standard InChI is InChI=1S/C17H19NO3/c1-12-15(8-3-9-16(12)20)17(21)18-14-7-2-5-13(11-14)6-4-10-19/h2-3,5,7-9,11,19-20H,4,6,10H2,1H3,(H,18,21). The number of hydrogen-bond donors (Lipinski definition) is 3. The minimum absolute atomic E-state index is 0.111. The summed E-state index contributed by atoms with van der Waals surface area (Å²) in [6, 6.07) is 12.4. The average molecular weight is 285 g/mol. The first kappa shape index (κ1) is 15.1. The van der Waals surface area contributed by atoms with E-state index in [2.05, 4.69) is 5.32 Å². The number of carbonyl (C=O) groups is 1. The van der Waals surface area contributed by atoms with Crippen LogP contribution in [-0.2, 0) is 6.42 Å². The van der Waals surface area contributed by atoms with Crippen molar-refractivity contribution in [2.75, 3.05) is 11.9 Å². The van der Waals surface area contributed by atoms with Crippen molar-refractivity contribution < 1.29 is 15.0 Å². The molecule has 2 aromatic rings. The highest BCUT2D eigenvalue weighted by molar-refractivity contribution is 6.05. The molecule has 0 saturated heterocycles. The number of carbonyl (C=O) groups excluding carboxylic acids is 1. The van der Waals surface area contributed by atoms with Gasteiger partial charge in [-0.3, -0.25) is 4.79 Å². The number of phenolic OH excluding ortho intramolecular Hbond substituents is 1. The third kappa shape index (κ3) is 3.83. The second-order valence-corrected chi connectivity index (χ2v) is 4.93. The van der Waals surface area contributed by atoms with Crippen LogP contribution in [0.3, 0.4) is 0 Å². The van der Waals surface area contributed by atoms with Crippen LogP contribution in [0, 0.1) is 6.92 Å². The molecule has 0 aliphatic heterocycles. The third-order valence-corrected chi connectivity index (χ3v) is 3.36. The van der Waals surface area contributed by atoms with Gasteiger partial charge in [0, 0.05) is 23.4 Å². The first-order valence-corrected chi connectivity index (χ1v) is 6.91. The molecular formula is C17H19NO3. The molecule has 0 spiro atoms. The second-order valence-electron chi connectivity index (χ2n) is 4.93. The van der Waals surface area contributed by atoms with Gasteiger partial charge in [0.05, 0.1) is 0 Å². The van der Waals surface area contributed by atoms with Gasteiger partial charge in [0.15, 0.2) is 0 Å². The van der Waals surface area contributed by atoms with Crippen molar-refractivity contribution >= 4 is 11.6 Å². The van der Waals surface area contributed by atoms with Gasteiger partial charge in [0.25, 0.3) is 5.91 Å². The van der Waals surface area contributed by atoms with Crippen molar-refractivity contribution in [2.45, 2.75) is 19.8 Å². The van der Waals surface area contributed by atoms with Crippen molar-refractivity contribution in [2.24, 2.45) is 0 Å². The highest BCUT2D eigenvalue weighted by Crippen LogP contribution is 2.21. The van der Waals surface area contributed by atoms with Crippen LogP contribution in [0.15, 0.2) is 42.5 Å². The lowest BCUT2D eigenvalue weighted by Crippen LogP contribution is -2.13. The number of aliphatic hydroxyl groups excluding tert-OH is 1. The molecular weight excluding hydrogens is 266 g/mol. The molecule has 0 bridgehead atoms. The van der Waals surface area contributed by atoms with Crippen LogP contribution in [-0.4, -0.2) is 22.7 Å². The van der Waals surface area contributed by atoms with Gasteiger partial charge in [-0.2, -0.15) is 0 Å². The zero-order chi connectivity index (χ0) is 15.2. The molecule has 0 aliphatic rings. The summed E-state index contributed by atoms with van der Waals surface area (Å²) < 4.78 is 0. The Labute approximate surface area is 124 Å². The van der Waals surface area contributed by atoms with Crippen LogP contribution in [0.1, 0.15) is 27.9 Å². The maximum atomic E-state index is 12.3. The van der Waals surface area contributed by atoms with E-state index in [1.54, 1.807) is 25.1 Å². The van der Waals surface area contributed by atoms with Gasteiger partial charge in [-0.05, 0) is 49.6 Å². The number of rotatable bonds is 5. The van der Waals surface area contributed by atoms with E-state index in [4.69, 9.17) is 5.11 Å². The molecule has 0 atom stereocenters. The fraction of sp³-hybridized carbons (Fsp3) is 0.235. The van der Waals surface area contributed by atoms with Gasteiger partial charge in [0.1, 0.15) is 5.75 Å². The first-order chi connectivity index (χ1) is 10.1. The molecule has 3 N–H and O–H groups in total.